The SMILES string of the molecule is CCOC(=O)C1=C(OCc2ccccc2F)[C@@H]2C=C(C)C=C[C@@H]2N=C1. The molecule has 0 saturated carbocycles. The molecule has 0 N–H and O–H groups in total. The van der Waals surface area contributed by atoms with Crippen molar-refractivity contribution in [3.8, 4) is 0 Å². The first-order valence-electron chi connectivity index (χ1n) is 8.27. The number of carbonyl (C=O) groups excluding carboxylic acids is 1. The minimum atomic E-state index is -0.478. The van der Waals surface area contributed by atoms with Crippen molar-refractivity contribution in [2.45, 2.75) is 26.5 Å². The van der Waals surface area contributed by atoms with Crippen molar-refractivity contribution < 1.29 is 18.7 Å². The lowest BCUT2D eigenvalue weighted by Gasteiger charge is -2.29. The number of fused-ring (bicyclic) bond motifs is 1. The molecule has 0 spiro atoms. The molecule has 2 aliphatic rings. The van der Waals surface area contributed by atoms with Crippen LogP contribution in [0.2, 0.25) is 0 Å². The summed E-state index contributed by atoms with van der Waals surface area (Å²) in [4.78, 5) is 16.7. The van der Waals surface area contributed by atoms with Gasteiger partial charge in [0.25, 0.3) is 0 Å². The molecule has 1 aromatic carbocycles. The van der Waals surface area contributed by atoms with E-state index in [1.807, 2.05) is 25.2 Å². The number of hydrogen-bond donors (Lipinski definition) is 0. The van der Waals surface area contributed by atoms with Crippen LogP contribution in [0.25, 0.3) is 0 Å². The van der Waals surface area contributed by atoms with E-state index in [1.54, 1.807) is 25.1 Å². The lowest BCUT2D eigenvalue weighted by atomic mass is 9.87. The smallest absolute Gasteiger partial charge is 0.343 e. The van der Waals surface area contributed by atoms with Gasteiger partial charge in [-0.15, -0.1) is 0 Å². The molecule has 25 heavy (non-hydrogen) atoms. The van der Waals surface area contributed by atoms with Gasteiger partial charge in [0, 0.05) is 11.8 Å². The second-order valence-electron chi connectivity index (χ2n) is 5.94. The molecular weight excluding hydrogens is 321 g/mol. The largest absolute Gasteiger partial charge is 0.491 e. The molecule has 1 aromatic rings. The predicted octanol–water partition coefficient (Wildman–Crippen LogP) is 3.74. The van der Waals surface area contributed by atoms with Crippen molar-refractivity contribution in [3.63, 3.8) is 0 Å². The molecule has 1 heterocycles. The van der Waals surface area contributed by atoms with Crippen LogP contribution in [0.3, 0.4) is 0 Å². The average Bonchev–Trinajstić information content (AvgIpc) is 2.61. The summed E-state index contributed by atoms with van der Waals surface area (Å²) in [6.07, 6.45) is 7.47. The first kappa shape index (κ1) is 17.1. The molecule has 3 rings (SSSR count). The Bertz CT molecular complexity index is 792. The Morgan fingerprint density at radius 3 is 2.88 bits per heavy atom. The molecule has 0 bridgehead atoms. The molecule has 1 aliphatic carbocycles. The van der Waals surface area contributed by atoms with Crippen LogP contribution in [0.15, 0.2) is 64.4 Å². The van der Waals surface area contributed by atoms with Gasteiger partial charge in [-0.2, -0.15) is 0 Å². The van der Waals surface area contributed by atoms with E-state index >= 15 is 0 Å². The van der Waals surface area contributed by atoms with Gasteiger partial charge in [0.15, 0.2) is 0 Å². The van der Waals surface area contributed by atoms with Gasteiger partial charge in [-0.1, -0.05) is 42.0 Å². The van der Waals surface area contributed by atoms with E-state index in [4.69, 9.17) is 9.47 Å². The zero-order valence-corrected chi connectivity index (χ0v) is 14.2. The third kappa shape index (κ3) is 3.71. The molecule has 0 saturated heterocycles. The Labute approximate surface area is 146 Å². The van der Waals surface area contributed by atoms with Crippen LogP contribution < -0.4 is 0 Å². The maximum Gasteiger partial charge on any atom is 0.343 e. The first-order chi connectivity index (χ1) is 12.1. The number of esters is 1. The summed E-state index contributed by atoms with van der Waals surface area (Å²) in [7, 11) is 0. The quantitative estimate of drug-likeness (QED) is 0.767. The van der Waals surface area contributed by atoms with E-state index in [0.717, 1.165) is 5.57 Å². The van der Waals surface area contributed by atoms with Crippen molar-refractivity contribution in [2.75, 3.05) is 6.61 Å². The van der Waals surface area contributed by atoms with Crippen LogP contribution in [-0.2, 0) is 20.9 Å². The van der Waals surface area contributed by atoms with Gasteiger partial charge in [0.1, 0.15) is 23.8 Å². The van der Waals surface area contributed by atoms with Gasteiger partial charge in [0.05, 0.1) is 18.6 Å². The lowest BCUT2D eigenvalue weighted by Crippen LogP contribution is -2.29. The van der Waals surface area contributed by atoms with E-state index in [0.29, 0.717) is 16.9 Å². The summed E-state index contributed by atoms with van der Waals surface area (Å²) in [5, 5.41) is 0. The Hall–Kier alpha value is -2.69. The van der Waals surface area contributed by atoms with Gasteiger partial charge in [-0.3, -0.25) is 4.99 Å². The van der Waals surface area contributed by atoms with E-state index in [9.17, 15) is 9.18 Å². The molecular formula is C20H20FNO3. The summed E-state index contributed by atoms with van der Waals surface area (Å²) < 4.78 is 24.9. The van der Waals surface area contributed by atoms with Crippen LogP contribution in [0.4, 0.5) is 4.39 Å². The number of allylic oxidation sites excluding steroid dienone is 2. The average molecular weight is 341 g/mol. The summed E-state index contributed by atoms with van der Waals surface area (Å²) >= 11 is 0. The molecule has 2 atom stereocenters. The van der Waals surface area contributed by atoms with Crippen molar-refractivity contribution >= 4 is 12.2 Å². The minimum Gasteiger partial charge on any atom is -0.491 e. The third-order valence-corrected chi connectivity index (χ3v) is 4.15. The summed E-state index contributed by atoms with van der Waals surface area (Å²) in [6.45, 7) is 4.02. The fourth-order valence-electron chi connectivity index (χ4n) is 2.89. The van der Waals surface area contributed by atoms with Crippen LogP contribution in [0, 0.1) is 11.7 Å². The number of halogens is 1. The predicted molar refractivity (Wildman–Crippen MR) is 93.5 cm³/mol. The van der Waals surface area contributed by atoms with Crippen molar-refractivity contribution in [1.82, 2.24) is 0 Å². The summed E-state index contributed by atoms with van der Waals surface area (Å²) in [5.74, 6) is -0.530. The highest BCUT2D eigenvalue weighted by molar-refractivity contribution is 6.10. The Morgan fingerprint density at radius 1 is 1.32 bits per heavy atom. The van der Waals surface area contributed by atoms with Gasteiger partial charge in [-0.25, -0.2) is 9.18 Å². The summed E-state index contributed by atoms with van der Waals surface area (Å²) in [6, 6.07) is 6.30. The second-order valence-corrected chi connectivity index (χ2v) is 5.94. The van der Waals surface area contributed by atoms with Crippen molar-refractivity contribution in [3.05, 3.63) is 70.8 Å². The van der Waals surface area contributed by atoms with Crippen molar-refractivity contribution in [2.24, 2.45) is 10.9 Å². The number of carbonyl (C=O) groups is 1. The summed E-state index contributed by atoms with van der Waals surface area (Å²) in [5.41, 5.74) is 1.79. The van der Waals surface area contributed by atoms with Crippen LogP contribution in [0.5, 0.6) is 0 Å². The number of rotatable bonds is 5. The van der Waals surface area contributed by atoms with Gasteiger partial charge < -0.3 is 9.47 Å². The van der Waals surface area contributed by atoms with Gasteiger partial charge >= 0.3 is 5.97 Å². The van der Waals surface area contributed by atoms with E-state index in [2.05, 4.69) is 4.99 Å². The van der Waals surface area contributed by atoms with E-state index in [1.165, 1.54) is 12.3 Å². The highest BCUT2D eigenvalue weighted by Gasteiger charge is 2.33. The highest BCUT2D eigenvalue weighted by atomic mass is 19.1. The minimum absolute atomic E-state index is 0.0403. The Balaban J connectivity index is 1.92. The molecule has 0 amide bonds. The number of dihydropyridines is 1. The van der Waals surface area contributed by atoms with Gasteiger partial charge in [-0.05, 0) is 19.9 Å². The fourth-order valence-corrected chi connectivity index (χ4v) is 2.89. The van der Waals surface area contributed by atoms with Crippen LogP contribution in [0.1, 0.15) is 19.4 Å². The lowest BCUT2D eigenvalue weighted by molar-refractivity contribution is -0.138. The molecule has 0 radical (unpaired) electrons. The Kier molecular flexibility index (Phi) is 5.12. The van der Waals surface area contributed by atoms with E-state index in [-0.39, 0.29) is 31.0 Å². The number of aliphatic imine (C=N–C) groups is 1. The molecule has 1 aliphatic heterocycles. The molecule has 0 unspecified atom stereocenters. The number of nitrogens with zero attached hydrogens (tertiary/aromatic N) is 1. The highest BCUT2D eigenvalue weighted by Crippen LogP contribution is 2.33. The van der Waals surface area contributed by atoms with Crippen LogP contribution >= 0.6 is 0 Å². The second kappa shape index (κ2) is 7.47. The standard InChI is InChI=1S/C20H20FNO3/c1-3-24-20(23)16-11-22-18-9-8-13(2)10-15(18)19(16)25-12-14-6-4-5-7-17(14)21/h4-11,15,18H,3,12H2,1-2H3/t15-,18+/m1/s1. The van der Waals surface area contributed by atoms with Crippen molar-refractivity contribution in [1.29, 1.82) is 0 Å². The fraction of sp³-hybridized carbons (Fsp3) is 0.300. The monoisotopic (exact) mass is 341 g/mol. The normalized spacial score (nSPS) is 21.6. The molecule has 4 nitrogen and oxygen atoms in total. The van der Waals surface area contributed by atoms with E-state index < -0.39 is 5.97 Å². The third-order valence-electron chi connectivity index (χ3n) is 4.15. The number of benzene rings is 1. The maximum absolute atomic E-state index is 13.9. The van der Waals surface area contributed by atoms with Crippen LogP contribution in [-0.4, -0.2) is 24.8 Å². The number of hydrogen-bond acceptors (Lipinski definition) is 4. The topological polar surface area (TPSA) is 47.9 Å². The molecule has 0 aromatic heterocycles. The zero-order chi connectivity index (χ0) is 17.8. The molecule has 0 fully saturated rings. The Morgan fingerprint density at radius 2 is 2.12 bits per heavy atom. The molecule has 130 valence electrons. The maximum atomic E-state index is 13.9. The first-order valence-corrected chi connectivity index (χ1v) is 8.27. The van der Waals surface area contributed by atoms with Gasteiger partial charge in [0.2, 0.25) is 0 Å². The number of ether oxygens (including phenoxy) is 2. The zero-order valence-electron chi connectivity index (χ0n) is 14.2. The molecule has 5 heteroatoms.